The number of esters is 2. The van der Waals surface area contributed by atoms with Gasteiger partial charge in [0.1, 0.15) is 0 Å². The van der Waals surface area contributed by atoms with E-state index in [-0.39, 0.29) is 12.3 Å². The van der Waals surface area contributed by atoms with E-state index in [1.807, 2.05) is 0 Å². The molecule has 1 unspecified atom stereocenters. The fourth-order valence-corrected chi connectivity index (χ4v) is 1.64. The number of nitrogens with zero attached hydrogens (tertiary/aromatic N) is 1. The molecule has 0 bridgehead atoms. The lowest BCUT2D eigenvalue weighted by atomic mass is 10.0. The maximum atomic E-state index is 12.0. The highest BCUT2D eigenvalue weighted by Crippen LogP contribution is 2.21. The Labute approximate surface area is 127 Å². The summed E-state index contributed by atoms with van der Waals surface area (Å²) in [4.78, 5) is 38.3. The van der Waals surface area contributed by atoms with Crippen LogP contribution in [-0.2, 0) is 23.8 Å². The Morgan fingerprint density at radius 3 is 2.32 bits per heavy atom. The Morgan fingerprint density at radius 2 is 1.82 bits per heavy atom. The largest absolute Gasteiger partial charge is 0.461 e. The predicted molar refractivity (Wildman–Crippen MR) is 77.4 cm³/mol. The van der Waals surface area contributed by atoms with E-state index in [0.29, 0.717) is 5.56 Å². The fourth-order valence-electron chi connectivity index (χ4n) is 1.64. The van der Waals surface area contributed by atoms with E-state index in [4.69, 9.17) is 9.47 Å². The van der Waals surface area contributed by atoms with Gasteiger partial charge in [-0.2, -0.15) is 4.99 Å². The van der Waals surface area contributed by atoms with Crippen LogP contribution in [0.25, 0.3) is 0 Å². The first-order valence-corrected chi connectivity index (χ1v) is 6.55. The van der Waals surface area contributed by atoms with Crippen molar-refractivity contribution < 1.29 is 28.6 Å². The van der Waals surface area contributed by atoms with Crippen molar-refractivity contribution in [3.8, 4) is 0 Å². The van der Waals surface area contributed by atoms with E-state index >= 15 is 0 Å². The number of carbonyl (C=O) groups excluding carboxylic acids is 3. The highest BCUT2D eigenvalue weighted by molar-refractivity contribution is 6.39. The zero-order valence-electron chi connectivity index (χ0n) is 12.6. The molecule has 0 heterocycles. The minimum atomic E-state index is -1.16. The van der Waals surface area contributed by atoms with Gasteiger partial charge in [-0.05, 0) is 12.5 Å². The molecule has 0 aliphatic carbocycles. The summed E-state index contributed by atoms with van der Waals surface area (Å²) in [7, 11) is 1.12. The zero-order valence-corrected chi connectivity index (χ0v) is 12.6. The lowest BCUT2D eigenvalue weighted by Gasteiger charge is -2.18. The normalized spacial score (nSPS) is 12.2. The van der Waals surface area contributed by atoms with Crippen LogP contribution in [0.2, 0.25) is 0 Å². The summed E-state index contributed by atoms with van der Waals surface area (Å²) >= 11 is 0. The van der Waals surface area contributed by atoms with Gasteiger partial charge in [-0.15, -0.1) is 0 Å². The molecule has 0 N–H and O–H groups in total. The number of rotatable bonds is 5. The molecule has 0 aromatic heterocycles. The SMILES string of the molecule is CCOC(=O)/C(=N\C(=O)OC)C(OC(C)=O)c1ccccc1. The minimum absolute atomic E-state index is 0.0839. The van der Waals surface area contributed by atoms with Gasteiger partial charge < -0.3 is 14.2 Å². The van der Waals surface area contributed by atoms with Crippen molar-refractivity contribution in [3.05, 3.63) is 35.9 Å². The number of hydrogen-bond acceptors (Lipinski definition) is 6. The number of amides is 1. The third kappa shape index (κ3) is 5.01. The molecule has 0 saturated heterocycles. The van der Waals surface area contributed by atoms with Gasteiger partial charge >= 0.3 is 18.0 Å². The Morgan fingerprint density at radius 1 is 1.18 bits per heavy atom. The summed E-state index contributed by atoms with van der Waals surface area (Å²) in [6.07, 6.45) is -2.15. The molecule has 7 heteroatoms. The summed E-state index contributed by atoms with van der Waals surface area (Å²) in [5, 5.41) is 0. The Hall–Kier alpha value is -2.70. The molecule has 0 aliphatic rings. The van der Waals surface area contributed by atoms with Crippen LogP contribution in [0.15, 0.2) is 35.3 Å². The molecule has 1 rings (SSSR count). The Bertz CT molecular complexity index is 567. The first-order valence-electron chi connectivity index (χ1n) is 6.55. The first kappa shape index (κ1) is 17.4. The lowest BCUT2D eigenvalue weighted by Crippen LogP contribution is -2.29. The summed E-state index contributed by atoms with van der Waals surface area (Å²) in [6.45, 7) is 2.88. The summed E-state index contributed by atoms with van der Waals surface area (Å²) < 4.78 is 14.4. The molecule has 0 spiro atoms. The maximum Gasteiger partial charge on any atom is 0.433 e. The van der Waals surface area contributed by atoms with Crippen LogP contribution in [0.3, 0.4) is 0 Å². The van der Waals surface area contributed by atoms with E-state index < -0.39 is 24.1 Å². The predicted octanol–water partition coefficient (Wildman–Crippen LogP) is 2.06. The number of methoxy groups -OCH3 is 1. The van der Waals surface area contributed by atoms with Crippen molar-refractivity contribution in [2.45, 2.75) is 20.0 Å². The van der Waals surface area contributed by atoms with E-state index in [1.54, 1.807) is 37.3 Å². The van der Waals surface area contributed by atoms with Gasteiger partial charge in [-0.3, -0.25) is 4.79 Å². The molecule has 1 aromatic rings. The summed E-state index contributed by atoms with van der Waals surface area (Å²) in [6, 6.07) is 8.44. The quantitative estimate of drug-likeness (QED) is 0.470. The van der Waals surface area contributed by atoms with Crippen molar-refractivity contribution >= 4 is 23.7 Å². The molecule has 0 aliphatic heterocycles. The van der Waals surface area contributed by atoms with Crippen molar-refractivity contribution in [1.82, 2.24) is 0 Å². The van der Waals surface area contributed by atoms with E-state index in [9.17, 15) is 14.4 Å². The molecule has 0 fully saturated rings. The van der Waals surface area contributed by atoms with Gasteiger partial charge in [0.05, 0.1) is 13.7 Å². The van der Waals surface area contributed by atoms with E-state index in [1.165, 1.54) is 6.92 Å². The monoisotopic (exact) mass is 307 g/mol. The number of benzene rings is 1. The molecule has 0 saturated carbocycles. The van der Waals surface area contributed by atoms with Gasteiger partial charge in [-0.1, -0.05) is 30.3 Å². The molecule has 7 nitrogen and oxygen atoms in total. The highest BCUT2D eigenvalue weighted by atomic mass is 16.6. The molecule has 0 radical (unpaired) electrons. The first-order chi connectivity index (χ1) is 10.5. The molecule has 1 atom stereocenters. The second-order valence-corrected chi connectivity index (χ2v) is 4.09. The van der Waals surface area contributed by atoms with Gasteiger partial charge in [0.25, 0.3) is 0 Å². The molecule has 1 amide bonds. The van der Waals surface area contributed by atoms with Crippen LogP contribution >= 0.6 is 0 Å². The molecule has 118 valence electrons. The zero-order chi connectivity index (χ0) is 16.5. The standard InChI is InChI=1S/C15H17NO6/c1-4-21-14(18)12(16-15(19)20-3)13(22-10(2)17)11-8-6-5-7-9-11/h5-9,13H,4H2,1-3H3/b16-12-. The van der Waals surface area contributed by atoms with Crippen LogP contribution in [0.4, 0.5) is 4.79 Å². The van der Waals surface area contributed by atoms with Crippen LogP contribution < -0.4 is 0 Å². The Kier molecular flexibility index (Phi) is 6.75. The highest BCUT2D eigenvalue weighted by Gasteiger charge is 2.30. The van der Waals surface area contributed by atoms with Gasteiger partial charge in [-0.25, -0.2) is 9.59 Å². The third-order valence-electron chi connectivity index (χ3n) is 2.51. The smallest absolute Gasteiger partial charge is 0.433 e. The van der Waals surface area contributed by atoms with Crippen molar-refractivity contribution in [1.29, 1.82) is 0 Å². The van der Waals surface area contributed by atoms with Crippen molar-refractivity contribution in [2.24, 2.45) is 4.99 Å². The van der Waals surface area contributed by atoms with Gasteiger partial charge in [0, 0.05) is 6.92 Å². The average molecular weight is 307 g/mol. The van der Waals surface area contributed by atoms with Gasteiger partial charge in [0.2, 0.25) is 0 Å². The van der Waals surface area contributed by atoms with Crippen LogP contribution in [0.1, 0.15) is 25.5 Å². The minimum Gasteiger partial charge on any atom is -0.461 e. The molecular weight excluding hydrogens is 290 g/mol. The molecular formula is C15H17NO6. The lowest BCUT2D eigenvalue weighted by molar-refractivity contribution is -0.144. The average Bonchev–Trinajstić information content (AvgIpc) is 2.51. The Balaban J connectivity index is 3.29. The molecule has 22 heavy (non-hydrogen) atoms. The fraction of sp³-hybridized carbons (Fsp3) is 0.333. The van der Waals surface area contributed by atoms with Crippen LogP contribution in [0, 0.1) is 0 Å². The summed E-state index contributed by atoms with van der Waals surface area (Å²) in [5.74, 6) is -1.49. The maximum absolute atomic E-state index is 12.0. The number of ether oxygens (including phenoxy) is 3. The van der Waals surface area contributed by atoms with Crippen molar-refractivity contribution in [3.63, 3.8) is 0 Å². The second-order valence-electron chi connectivity index (χ2n) is 4.09. The van der Waals surface area contributed by atoms with Crippen LogP contribution in [-0.4, -0.2) is 37.5 Å². The van der Waals surface area contributed by atoms with Crippen molar-refractivity contribution in [2.75, 3.05) is 13.7 Å². The van der Waals surface area contributed by atoms with E-state index in [0.717, 1.165) is 7.11 Å². The number of carbonyl (C=O) groups is 3. The topological polar surface area (TPSA) is 91.3 Å². The molecule has 1 aromatic carbocycles. The third-order valence-corrected chi connectivity index (χ3v) is 2.51. The second kappa shape index (κ2) is 8.56. The van der Waals surface area contributed by atoms with E-state index in [2.05, 4.69) is 9.73 Å². The number of hydrogen-bond donors (Lipinski definition) is 0. The van der Waals surface area contributed by atoms with Gasteiger partial charge in [0.15, 0.2) is 11.8 Å². The number of aliphatic imine (C=N–C) groups is 1. The summed E-state index contributed by atoms with van der Waals surface area (Å²) in [5.41, 5.74) is 0.128. The van der Waals surface area contributed by atoms with Crippen LogP contribution in [0.5, 0.6) is 0 Å².